The van der Waals surface area contributed by atoms with E-state index in [4.69, 9.17) is 12.2 Å². The molecule has 4 heteroatoms. The molecule has 0 bridgehead atoms. The third-order valence-electron chi connectivity index (χ3n) is 2.53. The topological polar surface area (TPSA) is 32.3 Å². The molecule has 1 saturated heterocycles. The highest BCUT2D eigenvalue weighted by atomic mass is 32.1. The lowest BCUT2D eigenvalue weighted by Gasteiger charge is -2.20. The van der Waals surface area contributed by atoms with E-state index in [1.807, 2.05) is 42.2 Å². The number of carbonyl (C=O) groups is 1. The Bertz CT molecular complexity index is 391. The van der Waals surface area contributed by atoms with Crippen LogP contribution in [0.1, 0.15) is 12.5 Å². The van der Waals surface area contributed by atoms with Gasteiger partial charge in [0.2, 0.25) is 5.91 Å². The Hall–Kier alpha value is -1.42. The van der Waals surface area contributed by atoms with E-state index in [1.165, 1.54) is 0 Å². The van der Waals surface area contributed by atoms with Gasteiger partial charge in [0.05, 0.1) is 0 Å². The third kappa shape index (κ3) is 1.99. The van der Waals surface area contributed by atoms with Crippen LogP contribution in [0.4, 0.5) is 0 Å². The predicted molar refractivity (Wildman–Crippen MR) is 62.2 cm³/mol. The molecule has 0 saturated carbocycles. The average Bonchev–Trinajstić information content (AvgIpc) is 2.47. The summed E-state index contributed by atoms with van der Waals surface area (Å²) in [6.07, 6.45) is 0. The molecule has 1 amide bonds. The van der Waals surface area contributed by atoms with Gasteiger partial charge in [-0.25, -0.2) is 0 Å². The minimum atomic E-state index is -0.169. The van der Waals surface area contributed by atoms with Gasteiger partial charge < -0.3 is 10.2 Å². The maximum absolute atomic E-state index is 11.3. The van der Waals surface area contributed by atoms with Gasteiger partial charge in [0.15, 0.2) is 5.11 Å². The van der Waals surface area contributed by atoms with Crippen molar-refractivity contribution in [2.75, 3.05) is 0 Å². The summed E-state index contributed by atoms with van der Waals surface area (Å²) >= 11 is 5.09. The summed E-state index contributed by atoms with van der Waals surface area (Å²) < 4.78 is 0. The van der Waals surface area contributed by atoms with Crippen molar-refractivity contribution in [1.29, 1.82) is 0 Å². The number of nitrogens with one attached hydrogen (secondary N) is 1. The van der Waals surface area contributed by atoms with Crippen LogP contribution in [0.3, 0.4) is 0 Å². The molecule has 78 valence electrons. The van der Waals surface area contributed by atoms with E-state index >= 15 is 0 Å². The number of benzene rings is 1. The number of carbonyl (C=O) groups excluding carboxylic acids is 1. The van der Waals surface area contributed by atoms with Crippen molar-refractivity contribution >= 4 is 23.2 Å². The van der Waals surface area contributed by atoms with Crippen LogP contribution in [0.2, 0.25) is 0 Å². The summed E-state index contributed by atoms with van der Waals surface area (Å²) in [5.41, 5.74) is 1.16. The van der Waals surface area contributed by atoms with Gasteiger partial charge >= 0.3 is 0 Å². The van der Waals surface area contributed by atoms with Crippen LogP contribution in [-0.4, -0.2) is 22.0 Å². The molecule has 0 aliphatic carbocycles. The van der Waals surface area contributed by atoms with Crippen LogP contribution >= 0.6 is 12.2 Å². The first-order chi connectivity index (χ1) is 7.18. The van der Waals surface area contributed by atoms with Crippen molar-refractivity contribution in [3.8, 4) is 0 Å². The van der Waals surface area contributed by atoms with Crippen LogP contribution in [0.15, 0.2) is 30.3 Å². The monoisotopic (exact) mass is 220 g/mol. The zero-order chi connectivity index (χ0) is 10.8. The quantitative estimate of drug-likeness (QED) is 0.762. The average molecular weight is 220 g/mol. The summed E-state index contributed by atoms with van der Waals surface area (Å²) in [5, 5.41) is 3.18. The first-order valence-corrected chi connectivity index (χ1v) is 5.24. The fraction of sp³-hybridized carbons (Fsp3) is 0.273. The van der Waals surface area contributed by atoms with Crippen LogP contribution in [0.5, 0.6) is 0 Å². The van der Waals surface area contributed by atoms with Crippen LogP contribution in [-0.2, 0) is 11.3 Å². The smallest absolute Gasteiger partial charge is 0.248 e. The minimum absolute atomic E-state index is 0.0177. The summed E-state index contributed by atoms with van der Waals surface area (Å²) in [6, 6.07) is 9.81. The maximum atomic E-state index is 11.3. The molecule has 3 nitrogen and oxygen atoms in total. The minimum Gasteiger partial charge on any atom is -0.333 e. The first kappa shape index (κ1) is 10.1. The van der Waals surface area contributed by atoms with Gasteiger partial charge in [-0.05, 0) is 24.7 Å². The van der Waals surface area contributed by atoms with Crippen molar-refractivity contribution in [2.45, 2.75) is 19.5 Å². The largest absolute Gasteiger partial charge is 0.333 e. The maximum Gasteiger partial charge on any atom is 0.248 e. The van der Waals surface area contributed by atoms with Crippen molar-refractivity contribution < 1.29 is 4.79 Å². The van der Waals surface area contributed by atoms with Gasteiger partial charge in [0, 0.05) is 6.54 Å². The number of hydrogen-bond donors (Lipinski definition) is 1. The summed E-state index contributed by atoms with van der Waals surface area (Å²) in [7, 11) is 0. The van der Waals surface area contributed by atoms with Gasteiger partial charge in [0.1, 0.15) is 6.04 Å². The van der Waals surface area contributed by atoms with E-state index in [9.17, 15) is 4.79 Å². The van der Waals surface area contributed by atoms with Gasteiger partial charge in [-0.1, -0.05) is 30.3 Å². The van der Waals surface area contributed by atoms with Gasteiger partial charge in [-0.15, -0.1) is 0 Å². The second kappa shape index (κ2) is 3.98. The predicted octanol–water partition coefficient (Wildman–Crippen LogP) is 1.29. The Kier molecular flexibility index (Phi) is 2.68. The number of rotatable bonds is 2. The Morgan fingerprint density at radius 3 is 2.60 bits per heavy atom. The molecule has 0 radical (unpaired) electrons. The van der Waals surface area contributed by atoms with Crippen molar-refractivity contribution in [2.24, 2.45) is 0 Å². The van der Waals surface area contributed by atoms with Gasteiger partial charge in [-0.3, -0.25) is 4.79 Å². The van der Waals surface area contributed by atoms with Gasteiger partial charge in [-0.2, -0.15) is 0 Å². The molecule has 1 unspecified atom stereocenters. The molecule has 1 aliphatic rings. The molecule has 1 N–H and O–H groups in total. The summed E-state index contributed by atoms with van der Waals surface area (Å²) in [5.74, 6) is -0.0177. The van der Waals surface area contributed by atoms with Gasteiger partial charge in [0.25, 0.3) is 0 Å². The highest BCUT2D eigenvalue weighted by Crippen LogP contribution is 2.13. The van der Waals surface area contributed by atoms with E-state index in [2.05, 4.69) is 5.32 Å². The molecule has 15 heavy (non-hydrogen) atoms. The van der Waals surface area contributed by atoms with E-state index < -0.39 is 0 Å². The lowest BCUT2D eigenvalue weighted by atomic mass is 10.2. The summed E-state index contributed by atoms with van der Waals surface area (Å²) in [6.45, 7) is 2.54. The Morgan fingerprint density at radius 1 is 1.40 bits per heavy atom. The van der Waals surface area contributed by atoms with Crippen LogP contribution in [0, 0.1) is 0 Å². The number of amides is 1. The molecule has 1 aliphatic heterocycles. The van der Waals surface area contributed by atoms with Crippen molar-refractivity contribution in [3.63, 3.8) is 0 Å². The second-order valence-corrected chi connectivity index (χ2v) is 3.97. The third-order valence-corrected chi connectivity index (χ3v) is 2.87. The second-order valence-electron chi connectivity index (χ2n) is 3.58. The zero-order valence-corrected chi connectivity index (χ0v) is 9.25. The van der Waals surface area contributed by atoms with E-state index in [0.29, 0.717) is 11.7 Å². The number of thiocarbonyl (C=S) groups is 1. The van der Waals surface area contributed by atoms with Crippen molar-refractivity contribution in [3.05, 3.63) is 35.9 Å². The molecule has 1 aromatic rings. The number of nitrogens with zero attached hydrogens (tertiary/aromatic N) is 1. The molecule has 1 atom stereocenters. The number of hydrogen-bond acceptors (Lipinski definition) is 2. The van der Waals surface area contributed by atoms with E-state index in [0.717, 1.165) is 5.56 Å². The normalized spacial score (nSPS) is 20.6. The Balaban J connectivity index is 2.13. The highest BCUT2D eigenvalue weighted by molar-refractivity contribution is 7.80. The Morgan fingerprint density at radius 2 is 2.07 bits per heavy atom. The Labute approximate surface area is 94.1 Å². The standard InChI is InChI=1S/C11H12N2OS/c1-8-10(14)12-11(15)13(8)7-9-5-3-2-4-6-9/h2-6,8H,7H2,1H3,(H,12,14,15). The van der Waals surface area contributed by atoms with E-state index in [1.54, 1.807) is 0 Å². The molecule has 0 aromatic heterocycles. The first-order valence-electron chi connectivity index (χ1n) is 4.84. The molecule has 2 rings (SSSR count). The molecule has 1 heterocycles. The molecule has 0 spiro atoms. The lowest BCUT2D eigenvalue weighted by Crippen LogP contribution is -2.32. The fourth-order valence-corrected chi connectivity index (χ4v) is 1.91. The lowest BCUT2D eigenvalue weighted by molar-refractivity contribution is -0.121. The molecule has 1 fully saturated rings. The molecule has 1 aromatic carbocycles. The van der Waals surface area contributed by atoms with Crippen LogP contribution < -0.4 is 5.32 Å². The SMILES string of the molecule is CC1C(=O)NC(=S)N1Cc1ccccc1. The van der Waals surface area contributed by atoms with Crippen molar-refractivity contribution in [1.82, 2.24) is 10.2 Å². The highest BCUT2D eigenvalue weighted by Gasteiger charge is 2.31. The fourth-order valence-electron chi connectivity index (χ4n) is 1.59. The zero-order valence-electron chi connectivity index (χ0n) is 8.43. The molecular formula is C11H12N2OS. The van der Waals surface area contributed by atoms with E-state index in [-0.39, 0.29) is 11.9 Å². The molecular weight excluding hydrogens is 208 g/mol. The van der Waals surface area contributed by atoms with Crippen LogP contribution in [0.25, 0.3) is 0 Å². The summed E-state index contributed by atoms with van der Waals surface area (Å²) in [4.78, 5) is 13.2.